The Kier molecular flexibility index (Phi) is 6.05. The molecule has 4 heteroatoms. The van der Waals surface area contributed by atoms with Crippen molar-refractivity contribution in [3.8, 4) is 5.75 Å². The van der Waals surface area contributed by atoms with Gasteiger partial charge in [0.2, 0.25) is 0 Å². The number of methoxy groups -OCH3 is 1. The van der Waals surface area contributed by atoms with Crippen molar-refractivity contribution in [1.82, 2.24) is 4.90 Å². The summed E-state index contributed by atoms with van der Waals surface area (Å²) in [5.41, 5.74) is 7.44. The van der Waals surface area contributed by atoms with Crippen LogP contribution >= 0.6 is 15.9 Å². The maximum Gasteiger partial charge on any atom is 0.133 e. The van der Waals surface area contributed by atoms with Crippen LogP contribution in [0.5, 0.6) is 5.75 Å². The summed E-state index contributed by atoms with van der Waals surface area (Å²) in [4.78, 5) is 2.36. The number of ether oxygens (including phenoxy) is 1. The summed E-state index contributed by atoms with van der Waals surface area (Å²) in [6.45, 7) is 9.61. The van der Waals surface area contributed by atoms with E-state index in [4.69, 9.17) is 10.5 Å². The highest BCUT2D eigenvalue weighted by molar-refractivity contribution is 9.10. The summed E-state index contributed by atoms with van der Waals surface area (Å²) < 4.78 is 6.25. The summed E-state index contributed by atoms with van der Waals surface area (Å²) in [6, 6.07) is 6.80. The number of hydrogen-bond acceptors (Lipinski definition) is 3. The molecule has 0 radical (unpaired) electrons. The molecule has 0 spiro atoms. The Balaban J connectivity index is 3.04. The number of benzene rings is 1. The topological polar surface area (TPSA) is 38.5 Å². The zero-order valence-corrected chi connectivity index (χ0v) is 15.0. The minimum absolute atomic E-state index is 0.200. The van der Waals surface area contributed by atoms with Crippen molar-refractivity contribution in [3.05, 3.63) is 28.2 Å². The van der Waals surface area contributed by atoms with Gasteiger partial charge in [0.1, 0.15) is 5.75 Å². The third-order valence-corrected chi connectivity index (χ3v) is 4.76. The number of nitrogens with zero attached hydrogens (tertiary/aromatic N) is 1. The number of hydrogen-bond donors (Lipinski definition) is 1. The third kappa shape index (κ3) is 3.96. The SMILES string of the molecule is COc1ccc(C(CN)N(C)C(C)C(C)(C)C)cc1Br. The summed E-state index contributed by atoms with van der Waals surface area (Å²) in [5, 5.41) is 0. The largest absolute Gasteiger partial charge is 0.496 e. The van der Waals surface area contributed by atoms with Gasteiger partial charge in [-0.3, -0.25) is 4.90 Å². The first-order valence-corrected chi connectivity index (χ1v) is 7.77. The van der Waals surface area contributed by atoms with E-state index >= 15 is 0 Å². The lowest BCUT2D eigenvalue weighted by molar-refractivity contribution is 0.100. The fraction of sp³-hybridized carbons (Fsp3) is 0.625. The highest BCUT2D eigenvalue weighted by atomic mass is 79.9. The van der Waals surface area contributed by atoms with Crippen LogP contribution in [-0.4, -0.2) is 31.6 Å². The molecule has 114 valence electrons. The summed E-state index contributed by atoms with van der Waals surface area (Å²) in [7, 11) is 3.82. The zero-order chi connectivity index (χ0) is 15.5. The monoisotopic (exact) mass is 342 g/mol. The Bertz CT molecular complexity index is 443. The van der Waals surface area contributed by atoms with Crippen LogP contribution in [0.15, 0.2) is 22.7 Å². The molecule has 0 saturated carbocycles. The Labute approximate surface area is 131 Å². The Morgan fingerprint density at radius 3 is 2.35 bits per heavy atom. The second kappa shape index (κ2) is 6.92. The van der Waals surface area contributed by atoms with Crippen LogP contribution in [0, 0.1) is 5.41 Å². The fourth-order valence-electron chi connectivity index (χ4n) is 2.31. The molecule has 2 atom stereocenters. The highest BCUT2D eigenvalue weighted by Crippen LogP contribution is 2.33. The molecule has 2 unspecified atom stereocenters. The second-order valence-corrected chi connectivity index (χ2v) is 7.21. The minimum Gasteiger partial charge on any atom is -0.496 e. The van der Waals surface area contributed by atoms with Gasteiger partial charge in [0.15, 0.2) is 0 Å². The Morgan fingerprint density at radius 1 is 1.35 bits per heavy atom. The molecule has 0 amide bonds. The predicted molar refractivity (Wildman–Crippen MR) is 89.2 cm³/mol. The molecular weight excluding hydrogens is 316 g/mol. The summed E-state index contributed by atoms with van der Waals surface area (Å²) in [6.07, 6.45) is 0. The van der Waals surface area contributed by atoms with Crippen LogP contribution in [0.4, 0.5) is 0 Å². The smallest absolute Gasteiger partial charge is 0.133 e. The van der Waals surface area contributed by atoms with Crippen LogP contribution in [0.1, 0.15) is 39.3 Å². The van der Waals surface area contributed by atoms with E-state index in [1.165, 1.54) is 5.56 Å². The van der Waals surface area contributed by atoms with Gasteiger partial charge in [-0.25, -0.2) is 0 Å². The lowest BCUT2D eigenvalue weighted by atomic mass is 9.86. The zero-order valence-electron chi connectivity index (χ0n) is 13.4. The van der Waals surface area contributed by atoms with Gasteiger partial charge < -0.3 is 10.5 Å². The van der Waals surface area contributed by atoms with Crippen molar-refractivity contribution in [2.45, 2.75) is 39.8 Å². The van der Waals surface area contributed by atoms with E-state index in [0.29, 0.717) is 12.6 Å². The average molecular weight is 343 g/mol. The molecule has 0 saturated heterocycles. The van der Waals surface area contributed by atoms with E-state index in [2.05, 4.69) is 67.7 Å². The van der Waals surface area contributed by atoms with E-state index in [-0.39, 0.29) is 11.5 Å². The molecular formula is C16H27BrN2O. The number of nitrogens with two attached hydrogens (primary N) is 1. The molecule has 0 aliphatic carbocycles. The summed E-state index contributed by atoms with van der Waals surface area (Å²) >= 11 is 3.55. The third-order valence-electron chi connectivity index (χ3n) is 4.14. The first-order valence-electron chi connectivity index (χ1n) is 6.97. The minimum atomic E-state index is 0.200. The number of halogens is 1. The van der Waals surface area contributed by atoms with Gasteiger partial charge >= 0.3 is 0 Å². The highest BCUT2D eigenvalue weighted by Gasteiger charge is 2.28. The molecule has 20 heavy (non-hydrogen) atoms. The molecule has 0 aliphatic heterocycles. The first kappa shape index (κ1) is 17.5. The van der Waals surface area contributed by atoms with E-state index in [0.717, 1.165) is 10.2 Å². The van der Waals surface area contributed by atoms with Gasteiger partial charge in [-0.05, 0) is 53.0 Å². The van der Waals surface area contributed by atoms with Crippen molar-refractivity contribution in [2.75, 3.05) is 20.7 Å². The van der Waals surface area contributed by atoms with Gasteiger partial charge in [0, 0.05) is 18.6 Å². The maximum atomic E-state index is 6.02. The van der Waals surface area contributed by atoms with Crippen molar-refractivity contribution in [1.29, 1.82) is 0 Å². The van der Waals surface area contributed by atoms with Crippen molar-refractivity contribution < 1.29 is 4.74 Å². The predicted octanol–water partition coefficient (Wildman–Crippen LogP) is 3.82. The van der Waals surface area contributed by atoms with Crippen molar-refractivity contribution in [2.24, 2.45) is 11.1 Å². The quantitative estimate of drug-likeness (QED) is 0.883. The molecule has 3 nitrogen and oxygen atoms in total. The summed E-state index contributed by atoms with van der Waals surface area (Å²) in [5.74, 6) is 0.844. The number of likely N-dealkylation sites (N-methyl/N-ethyl adjacent to an activating group) is 1. The molecule has 0 heterocycles. The fourth-order valence-corrected chi connectivity index (χ4v) is 2.87. The standard InChI is InChI=1S/C16H27BrN2O/c1-11(16(2,3)4)19(5)14(10-18)12-7-8-15(20-6)13(17)9-12/h7-9,11,14H,10,18H2,1-6H3. The lowest BCUT2D eigenvalue weighted by Gasteiger charge is -2.40. The van der Waals surface area contributed by atoms with Gasteiger partial charge in [-0.1, -0.05) is 26.8 Å². The molecule has 1 aromatic rings. The molecule has 2 N–H and O–H groups in total. The van der Waals surface area contributed by atoms with Crippen LogP contribution in [0.2, 0.25) is 0 Å². The Hall–Kier alpha value is -0.580. The molecule has 0 bridgehead atoms. The van der Waals surface area contributed by atoms with E-state index in [1.807, 2.05) is 6.07 Å². The van der Waals surface area contributed by atoms with Crippen molar-refractivity contribution >= 4 is 15.9 Å². The van der Waals surface area contributed by atoms with Crippen LogP contribution in [0.25, 0.3) is 0 Å². The Morgan fingerprint density at radius 2 is 1.95 bits per heavy atom. The van der Waals surface area contributed by atoms with E-state index in [9.17, 15) is 0 Å². The molecule has 0 aromatic heterocycles. The molecule has 1 rings (SSSR count). The van der Waals surface area contributed by atoms with E-state index < -0.39 is 0 Å². The average Bonchev–Trinajstić information content (AvgIpc) is 2.37. The molecule has 0 fully saturated rings. The maximum absolute atomic E-state index is 6.02. The lowest BCUT2D eigenvalue weighted by Crippen LogP contribution is -2.43. The van der Waals surface area contributed by atoms with Gasteiger partial charge in [0.05, 0.1) is 11.6 Å². The van der Waals surface area contributed by atoms with Gasteiger partial charge in [-0.2, -0.15) is 0 Å². The van der Waals surface area contributed by atoms with Gasteiger partial charge in [-0.15, -0.1) is 0 Å². The van der Waals surface area contributed by atoms with E-state index in [1.54, 1.807) is 7.11 Å². The molecule has 0 aliphatic rings. The van der Waals surface area contributed by atoms with Crippen LogP contribution < -0.4 is 10.5 Å². The number of rotatable bonds is 5. The van der Waals surface area contributed by atoms with Gasteiger partial charge in [0.25, 0.3) is 0 Å². The normalized spacial score (nSPS) is 15.2. The second-order valence-electron chi connectivity index (χ2n) is 6.35. The first-order chi connectivity index (χ1) is 9.22. The van der Waals surface area contributed by atoms with Crippen LogP contribution in [-0.2, 0) is 0 Å². The van der Waals surface area contributed by atoms with Crippen molar-refractivity contribution in [3.63, 3.8) is 0 Å². The molecule has 1 aromatic carbocycles. The van der Waals surface area contributed by atoms with Crippen LogP contribution in [0.3, 0.4) is 0 Å².